The Bertz CT molecular complexity index is 619. The number of rotatable bonds is 2. The Balaban J connectivity index is 2.49. The van der Waals surface area contributed by atoms with Crippen LogP contribution in [-0.4, -0.2) is 45.2 Å². The predicted octanol–water partition coefficient (Wildman–Crippen LogP) is -0.419. The van der Waals surface area contributed by atoms with Crippen LogP contribution in [0, 0.1) is 18.8 Å². The van der Waals surface area contributed by atoms with Crippen molar-refractivity contribution in [2.75, 3.05) is 6.61 Å². The second-order valence-electron chi connectivity index (χ2n) is 4.50. The van der Waals surface area contributed by atoms with Gasteiger partial charge in [-0.05, 0) is 19.8 Å². The maximum Gasteiger partial charge on any atom is 0.270 e. The average molecular weight is 282 g/mol. The summed E-state index contributed by atoms with van der Waals surface area (Å²) < 4.78 is 19.4. The van der Waals surface area contributed by atoms with Crippen molar-refractivity contribution in [1.29, 1.82) is 0 Å². The molecule has 108 valence electrons. The van der Waals surface area contributed by atoms with Gasteiger partial charge in [-0.1, -0.05) is 5.92 Å². The third-order valence-electron chi connectivity index (χ3n) is 3.13. The van der Waals surface area contributed by atoms with E-state index in [1.807, 2.05) is 0 Å². The van der Waals surface area contributed by atoms with Crippen molar-refractivity contribution in [2.45, 2.75) is 38.3 Å². The standard InChI is InChI=1S/C13H15FN2O4/c1-3-4-7-10(15-6(2)13(19)16-7)12-9(14)11(18)8(5-17)20-12/h8-9,11-12,17-18H,5H2,1-2H3,(H,16,19)/t8-,9+,11?,12-/m1/s1. The molecular formula is C13H15FN2O4. The SMILES string of the molecule is CC#Cc1[nH]c(=O)c(C)nc1[C@@H]1O[C@H](CO)C(O)[C@@H]1F. The number of ether oxygens (including phenoxy) is 1. The molecular weight excluding hydrogens is 267 g/mol. The molecule has 0 aliphatic carbocycles. The summed E-state index contributed by atoms with van der Waals surface area (Å²) in [5, 5.41) is 18.7. The van der Waals surface area contributed by atoms with Crippen LogP contribution in [0.2, 0.25) is 0 Å². The molecule has 1 fully saturated rings. The van der Waals surface area contributed by atoms with E-state index in [2.05, 4.69) is 21.8 Å². The molecule has 1 aliphatic rings. The first kappa shape index (κ1) is 14.7. The maximum atomic E-state index is 14.1. The van der Waals surface area contributed by atoms with E-state index in [1.165, 1.54) is 6.92 Å². The zero-order valence-electron chi connectivity index (χ0n) is 11.1. The highest BCUT2D eigenvalue weighted by Crippen LogP contribution is 2.35. The molecule has 0 amide bonds. The lowest BCUT2D eigenvalue weighted by molar-refractivity contribution is -0.0239. The summed E-state index contributed by atoms with van der Waals surface area (Å²) in [7, 11) is 0. The van der Waals surface area contributed by atoms with Crippen LogP contribution in [0.15, 0.2) is 4.79 Å². The number of aliphatic hydroxyl groups excluding tert-OH is 2. The molecule has 0 bridgehead atoms. The third kappa shape index (κ3) is 2.45. The highest BCUT2D eigenvalue weighted by molar-refractivity contribution is 5.34. The number of aromatic nitrogens is 2. The van der Waals surface area contributed by atoms with Crippen molar-refractivity contribution in [3.63, 3.8) is 0 Å². The molecule has 2 heterocycles. The second-order valence-corrected chi connectivity index (χ2v) is 4.50. The van der Waals surface area contributed by atoms with Gasteiger partial charge in [-0.3, -0.25) is 4.79 Å². The monoisotopic (exact) mass is 282 g/mol. The molecule has 4 atom stereocenters. The van der Waals surface area contributed by atoms with Crippen LogP contribution in [0.3, 0.4) is 0 Å². The Hall–Kier alpha value is -1.75. The van der Waals surface area contributed by atoms with Crippen molar-refractivity contribution in [1.82, 2.24) is 9.97 Å². The van der Waals surface area contributed by atoms with Gasteiger partial charge in [-0.2, -0.15) is 0 Å². The molecule has 6 nitrogen and oxygen atoms in total. The first-order chi connectivity index (χ1) is 9.49. The number of aromatic amines is 1. The average Bonchev–Trinajstić information content (AvgIpc) is 2.70. The molecule has 2 rings (SSSR count). The molecule has 0 aromatic carbocycles. The van der Waals surface area contributed by atoms with E-state index >= 15 is 0 Å². The van der Waals surface area contributed by atoms with Gasteiger partial charge in [-0.15, -0.1) is 0 Å². The smallest absolute Gasteiger partial charge is 0.270 e. The van der Waals surface area contributed by atoms with Crippen LogP contribution >= 0.6 is 0 Å². The third-order valence-corrected chi connectivity index (χ3v) is 3.13. The van der Waals surface area contributed by atoms with Gasteiger partial charge in [0.25, 0.3) is 5.56 Å². The van der Waals surface area contributed by atoms with E-state index in [0.717, 1.165) is 0 Å². The fourth-order valence-electron chi connectivity index (χ4n) is 2.08. The Morgan fingerprint density at radius 2 is 2.25 bits per heavy atom. The van der Waals surface area contributed by atoms with Crippen LogP contribution in [-0.2, 0) is 4.74 Å². The Labute approximate surface area is 114 Å². The highest BCUT2D eigenvalue weighted by Gasteiger charge is 2.46. The molecule has 1 aliphatic heterocycles. The number of nitrogens with one attached hydrogen (secondary N) is 1. The van der Waals surface area contributed by atoms with E-state index in [-0.39, 0.29) is 17.1 Å². The van der Waals surface area contributed by atoms with E-state index in [9.17, 15) is 14.3 Å². The van der Waals surface area contributed by atoms with Crippen molar-refractivity contribution in [2.24, 2.45) is 0 Å². The zero-order chi connectivity index (χ0) is 14.9. The van der Waals surface area contributed by atoms with E-state index in [1.54, 1.807) is 6.92 Å². The van der Waals surface area contributed by atoms with Crippen molar-refractivity contribution in [3.05, 3.63) is 27.4 Å². The zero-order valence-corrected chi connectivity index (χ0v) is 11.1. The quantitative estimate of drug-likeness (QED) is 0.640. The minimum Gasteiger partial charge on any atom is -0.394 e. The summed E-state index contributed by atoms with van der Waals surface area (Å²) in [5.74, 6) is 5.23. The molecule has 0 saturated carbocycles. The van der Waals surface area contributed by atoms with Gasteiger partial charge in [0.05, 0.1) is 6.61 Å². The fraction of sp³-hybridized carbons (Fsp3) is 0.538. The summed E-state index contributed by atoms with van der Waals surface area (Å²) in [6, 6.07) is 0. The van der Waals surface area contributed by atoms with E-state index < -0.39 is 36.6 Å². The summed E-state index contributed by atoms with van der Waals surface area (Å²) in [6.07, 6.45) is -5.39. The molecule has 7 heteroatoms. The van der Waals surface area contributed by atoms with Gasteiger partial charge < -0.3 is 19.9 Å². The number of halogens is 1. The van der Waals surface area contributed by atoms with E-state index in [4.69, 9.17) is 9.84 Å². The Kier molecular flexibility index (Phi) is 4.18. The van der Waals surface area contributed by atoms with Gasteiger partial charge >= 0.3 is 0 Å². The molecule has 1 saturated heterocycles. The van der Waals surface area contributed by atoms with Crippen molar-refractivity contribution in [3.8, 4) is 11.8 Å². The van der Waals surface area contributed by atoms with Gasteiger partial charge in [0.15, 0.2) is 6.17 Å². The predicted molar refractivity (Wildman–Crippen MR) is 67.7 cm³/mol. The normalized spacial score (nSPS) is 29.1. The first-order valence-corrected chi connectivity index (χ1v) is 6.11. The van der Waals surface area contributed by atoms with E-state index in [0.29, 0.717) is 0 Å². The number of aryl methyl sites for hydroxylation is 1. The topological polar surface area (TPSA) is 95.4 Å². The number of hydrogen-bond acceptors (Lipinski definition) is 5. The van der Waals surface area contributed by atoms with Crippen molar-refractivity contribution >= 4 is 0 Å². The maximum absolute atomic E-state index is 14.1. The minimum atomic E-state index is -1.75. The van der Waals surface area contributed by atoms with Crippen molar-refractivity contribution < 1.29 is 19.3 Å². The van der Waals surface area contributed by atoms with Crippen LogP contribution < -0.4 is 5.56 Å². The second kappa shape index (κ2) is 5.71. The Morgan fingerprint density at radius 1 is 1.55 bits per heavy atom. The van der Waals surface area contributed by atoms with Gasteiger partial charge in [0, 0.05) is 0 Å². The lowest BCUT2D eigenvalue weighted by Gasteiger charge is -2.14. The summed E-state index contributed by atoms with van der Waals surface area (Å²) in [5.41, 5.74) is 0.0130. The summed E-state index contributed by atoms with van der Waals surface area (Å²) in [4.78, 5) is 18.1. The summed E-state index contributed by atoms with van der Waals surface area (Å²) in [6.45, 7) is 2.54. The number of alkyl halides is 1. The number of hydrogen-bond donors (Lipinski definition) is 3. The lowest BCUT2D eigenvalue weighted by Crippen LogP contribution is -2.30. The first-order valence-electron chi connectivity index (χ1n) is 6.11. The molecule has 3 N–H and O–H groups in total. The molecule has 1 aromatic rings. The van der Waals surface area contributed by atoms with Crippen LogP contribution in [0.1, 0.15) is 30.1 Å². The van der Waals surface area contributed by atoms with Gasteiger partial charge in [-0.25, -0.2) is 9.37 Å². The molecule has 1 aromatic heterocycles. The van der Waals surface area contributed by atoms with Crippen LogP contribution in [0.25, 0.3) is 0 Å². The summed E-state index contributed by atoms with van der Waals surface area (Å²) >= 11 is 0. The lowest BCUT2D eigenvalue weighted by atomic mass is 10.1. The fourth-order valence-corrected chi connectivity index (χ4v) is 2.08. The molecule has 20 heavy (non-hydrogen) atoms. The highest BCUT2D eigenvalue weighted by atomic mass is 19.1. The molecule has 0 radical (unpaired) electrons. The number of nitrogens with zero attached hydrogens (tertiary/aromatic N) is 1. The van der Waals surface area contributed by atoms with Gasteiger partial charge in [0.1, 0.15) is 35.4 Å². The molecule has 0 spiro atoms. The van der Waals surface area contributed by atoms with Gasteiger partial charge in [0.2, 0.25) is 0 Å². The number of aliphatic hydroxyl groups is 2. The molecule has 1 unspecified atom stereocenters. The Morgan fingerprint density at radius 3 is 2.80 bits per heavy atom. The van der Waals surface area contributed by atoms with Crippen LogP contribution in [0.5, 0.6) is 0 Å². The minimum absolute atomic E-state index is 0.124. The number of H-pyrrole nitrogens is 1. The van der Waals surface area contributed by atoms with Crippen LogP contribution in [0.4, 0.5) is 4.39 Å². The largest absolute Gasteiger partial charge is 0.394 e.